The molecule has 1 aliphatic heterocycles. The Morgan fingerprint density at radius 2 is 1.77 bits per heavy atom. The van der Waals surface area contributed by atoms with Gasteiger partial charge in [-0.05, 0) is 32.9 Å². The Bertz CT molecular complexity index is 306. The van der Waals surface area contributed by atoms with E-state index in [9.17, 15) is 4.79 Å². The summed E-state index contributed by atoms with van der Waals surface area (Å²) in [5.41, 5.74) is 0. The maximum atomic E-state index is 11.4. The molecule has 0 aromatic heterocycles. The van der Waals surface area contributed by atoms with Gasteiger partial charge in [0.1, 0.15) is 0 Å². The number of amides is 2. The van der Waals surface area contributed by atoms with Crippen molar-refractivity contribution in [3.63, 3.8) is 0 Å². The third kappa shape index (κ3) is 6.87. The molecular formula is C14H30N2O4SSi. The van der Waals surface area contributed by atoms with Crippen molar-refractivity contribution in [2.45, 2.75) is 33.2 Å². The SMILES string of the molecule is CCO[Si](CCCSCCN1CCNC1=O)(OCC)OCC. The molecule has 130 valence electrons. The average molecular weight is 351 g/mol. The summed E-state index contributed by atoms with van der Waals surface area (Å²) in [6.45, 7) is 10.3. The Kier molecular flexibility index (Phi) is 10.1. The van der Waals surface area contributed by atoms with Crippen molar-refractivity contribution < 1.29 is 18.1 Å². The molecule has 8 heteroatoms. The second kappa shape index (κ2) is 11.3. The monoisotopic (exact) mass is 350 g/mol. The lowest BCUT2D eigenvalue weighted by atomic mass is 10.6. The van der Waals surface area contributed by atoms with Gasteiger partial charge in [-0.1, -0.05) is 0 Å². The lowest BCUT2D eigenvalue weighted by Crippen LogP contribution is -2.46. The smallest absolute Gasteiger partial charge is 0.374 e. The van der Waals surface area contributed by atoms with E-state index in [0.29, 0.717) is 19.8 Å². The fourth-order valence-electron chi connectivity index (χ4n) is 2.39. The van der Waals surface area contributed by atoms with Crippen LogP contribution in [0.25, 0.3) is 0 Å². The second-order valence-corrected chi connectivity index (χ2v) is 8.87. The van der Waals surface area contributed by atoms with Gasteiger partial charge in [0.05, 0.1) is 0 Å². The van der Waals surface area contributed by atoms with E-state index in [1.54, 1.807) is 0 Å². The molecule has 1 aliphatic rings. The van der Waals surface area contributed by atoms with Crippen molar-refractivity contribution in [3.05, 3.63) is 0 Å². The van der Waals surface area contributed by atoms with Gasteiger partial charge >= 0.3 is 14.8 Å². The summed E-state index contributed by atoms with van der Waals surface area (Å²) in [7, 11) is -2.48. The highest BCUT2D eigenvalue weighted by Crippen LogP contribution is 2.20. The number of rotatable bonds is 13. The molecule has 6 nitrogen and oxygen atoms in total. The van der Waals surface area contributed by atoms with E-state index >= 15 is 0 Å². The molecule has 0 aromatic rings. The molecule has 0 spiro atoms. The van der Waals surface area contributed by atoms with Crippen molar-refractivity contribution in [2.24, 2.45) is 0 Å². The summed E-state index contributed by atoms with van der Waals surface area (Å²) >= 11 is 1.87. The van der Waals surface area contributed by atoms with Crippen molar-refractivity contribution in [3.8, 4) is 0 Å². The summed E-state index contributed by atoms with van der Waals surface area (Å²) in [4.78, 5) is 13.3. The van der Waals surface area contributed by atoms with Crippen LogP contribution < -0.4 is 5.32 Å². The number of nitrogens with zero attached hydrogens (tertiary/aromatic N) is 1. The zero-order valence-electron chi connectivity index (χ0n) is 14.1. The van der Waals surface area contributed by atoms with Gasteiger partial charge in [-0.2, -0.15) is 11.8 Å². The molecule has 0 atom stereocenters. The van der Waals surface area contributed by atoms with Crippen molar-refractivity contribution in [1.29, 1.82) is 0 Å². The van der Waals surface area contributed by atoms with Crippen LogP contribution in [-0.4, -0.2) is 70.7 Å². The highest BCUT2D eigenvalue weighted by atomic mass is 32.2. The lowest BCUT2D eigenvalue weighted by Gasteiger charge is -2.28. The Morgan fingerprint density at radius 3 is 2.27 bits per heavy atom. The van der Waals surface area contributed by atoms with Crippen LogP contribution in [0.4, 0.5) is 4.79 Å². The van der Waals surface area contributed by atoms with Gasteiger partial charge in [-0.25, -0.2) is 4.79 Å². The molecule has 1 fully saturated rings. The molecule has 0 radical (unpaired) electrons. The molecule has 0 unspecified atom stereocenters. The Morgan fingerprint density at radius 1 is 1.14 bits per heavy atom. The minimum atomic E-state index is -2.48. The quantitative estimate of drug-likeness (QED) is 0.407. The van der Waals surface area contributed by atoms with Crippen LogP contribution in [0, 0.1) is 0 Å². The Labute approximate surface area is 139 Å². The molecule has 1 saturated heterocycles. The van der Waals surface area contributed by atoms with Gasteiger partial charge in [0.2, 0.25) is 0 Å². The van der Waals surface area contributed by atoms with E-state index < -0.39 is 8.80 Å². The first kappa shape index (κ1) is 19.8. The van der Waals surface area contributed by atoms with Gasteiger partial charge in [0.25, 0.3) is 0 Å². The number of carbonyl (C=O) groups is 1. The first-order chi connectivity index (χ1) is 10.7. The molecule has 0 aliphatic carbocycles. The maximum Gasteiger partial charge on any atom is 0.500 e. The first-order valence-electron chi connectivity index (χ1n) is 8.19. The standard InChI is InChI=1S/C14H30N2O4SSi/c1-4-18-22(19-5-2,20-6-3)13-7-11-21-12-10-16-9-8-15-14(16)17/h4-13H2,1-3H3,(H,15,17). The summed E-state index contributed by atoms with van der Waals surface area (Å²) in [5, 5.41) is 2.82. The minimum Gasteiger partial charge on any atom is -0.374 e. The van der Waals surface area contributed by atoms with Crippen LogP contribution in [0.2, 0.25) is 6.04 Å². The summed E-state index contributed by atoms with van der Waals surface area (Å²) in [6, 6.07) is 0.927. The molecule has 0 bridgehead atoms. The molecule has 1 N–H and O–H groups in total. The average Bonchev–Trinajstić information content (AvgIpc) is 2.89. The number of carbonyl (C=O) groups excluding carboxylic acids is 1. The maximum absolute atomic E-state index is 11.4. The van der Waals surface area contributed by atoms with Gasteiger partial charge in [0.15, 0.2) is 0 Å². The largest absolute Gasteiger partial charge is 0.500 e. The fourth-order valence-corrected chi connectivity index (χ4v) is 6.16. The van der Waals surface area contributed by atoms with E-state index in [4.69, 9.17) is 13.3 Å². The Balaban J connectivity index is 2.19. The number of urea groups is 1. The fraction of sp³-hybridized carbons (Fsp3) is 0.929. The van der Waals surface area contributed by atoms with Crippen LogP contribution in [-0.2, 0) is 13.3 Å². The molecule has 22 heavy (non-hydrogen) atoms. The van der Waals surface area contributed by atoms with Crippen LogP contribution in [0.1, 0.15) is 27.2 Å². The van der Waals surface area contributed by atoms with Crippen molar-refractivity contribution in [2.75, 3.05) is 51.0 Å². The molecular weight excluding hydrogens is 320 g/mol. The van der Waals surface area contributed by atoms with Crippen LogP contribution in [0.15, 0.2) is 0 Å². The summed E-state index contributed by atoms with van der Waals surface area (Å²) in [6.07, 6.45) is 1.02. The second-order valence-electron chi connectivity index (χ2n) is 4.92. The van der Waals surface area contributed by atoms with E-state index in [2.05, 4.69) is 5.32 Å². The van der Waals surface area contributed by atoms with E-state index in [1.165, 1.54) is 0 Å². The van der Waals surface area contributed by atoms with Crippen molar-refractivity contribution >= 4 is 26.6 Å². The number of thioether (sulfide) groups is 1. The molecule has 0 saturated carbocycles. The van der Waals surface area contributed by atoms with Gasteiger partial charge in [-0.15, -0.1) is 0 Å². The normalized spacial score (nSPS) is 15.4. The first-order valence-corrected chi connectivity index (χ1v) is 11.3. The van der Waals surface area contributed by atoms with Crippen LogP contribution >= 0.6 is 11.8 Å². The highest BCUT2D eigenvalue weighted by Gasteiger charge is 2.39. The predicted octanol–water partition coefficient (Wildman–Crippen LogP) is 2.18. The molecule has 0 aromatic carbocycles. The summed E-state index contributed by atoms with van der Waals surface area (Å²) in [5.74, 6) is 2.01. The Hall–Kier alpha value is -0.283. The summed E-state index contributed by atoms with van der Waals surface area (Å²) < 4.78 is 17.5. The minimum absolute atomic E-state index is 0.0658. The van der Waals surface area contributed by atoms with E-state index in [-0.39, 0.29) is 6.03 Å². The third-order valence-electron chi connectivity index (χ3n) is 3.32. The topological polar surface area (TPSA) is 60.0 Å². The van der Waals surface area contributed by atoms with E-state index in [1.807, 2.05) is 37.4 Å². The van der Waals surface area contributed by atoms with Crippen molar-refractivity contribution in [1.82, 2.24) is 10.2 Å². The van der Waals surface area contributed by atoms with E-state index in [0.717, 1.165) is 43.6 Å². The van der Waals surface area contributed by atoms with Crippen LogP contribution in [0.5, 0.6) is 0 Å². The zero-order valence-corrected chi connectivity index (χ0v) is 15.9. The number of hydrogen-bond acceptors (Lipinski definition) is 5. The predicted molar refractivity (Wildman–Crippen MR) is 92.4 cm³/mol. The molecule has 1 heterocycles. The molecule has 2 amide bonds. The van der Waals surface area contributed by atoms with Gasteiger partial charge < -0.3 is 23.5 Å². The van der Waals surface area contributed by atoms with Crippen LogP contribution in [0.3, 0.4) is 0 Å². The van der Waals surface area contributed by atoms with Gasteiger partial charge in [0, 0.05) is 51.3 Å². The highest BCUT2D eigenvalue weighted by molar-refractivity contribution is 7.99. The molecule has 1 rings (SSSR count). The third-order valence-corrected chi connectivity index (χ3v) is 7.52. The number of nitrogens with one attached hydrogen (secondary N) is 1. The lowest BCUT2D eigenvalue weighted by molar-refractivity contribution is 0.0712. The van der Waals surface area contributed by atoms with Gasteiger partial charge in [-0.3, -0.25) is 0 Å². The zero-order chi connectivity index (χ0) is 16.3. The number of hydrogen-bond donors (Lipinski definition) is 1.